The molecule has 3 aromatic carbocycles. The topological polar surface area (TPSA) is 66.5 Å². The first-order valence-electron chi connectivity index (χ1n) is 7.97. The molecular weight excluding hydrogens is 407 g/mol. The Labute approximate surface area is 167 Å². The van der Waals surface area contributed by atoms with E-state index >= 15 is 0 Å². The van der Waals surface area contributed by atoms with Gasteiger partial charge in [0, 0.05) is 11.1 Å². The van der Waals surface area contributed by atoms with E-state index in [9.17, 15) is 13.2 Å². The molecule has 0 unspecified atom stereocenters. The summed E-state index contributed by atoms with van der Waals surface area (Å²) < 4.78 is 25.4. The molecule has 0 fully saturated rings. The Balaban J connectivity index is 1.90. The van der Waals surface area contributed by atoms with Crippen molar-refractivity contribution in [3.63, 3.8) is 0 Å². The van der Waals surface area contributed by atoms with Crippen LogP contribution in [0.3, 0.4) is 0 Å². The zero-order valence-electron chi connectivity index (χ0n) is 14.3. The first-order chi connectivity index (χ1) is 12.8. The number of carbonyl (C=O) groups is 1. The highest BCUT2D eigenvalue weighted by Crippen LogP contribution is 2.33. The van der Waals surface area contributed by atoms with E-state index in [-0.39, 0.29) is 15.7 Å². The third-order valence-corrected chi connectivity index (χ3v) is 5.89. The molecule has 0 atom stereocenters. The zero-order valence-corrected chi connectivity index (χ0v) is 16.6. The van der Waals surface area contributed by atoms with Crippen LogP contribution in [-0.4, -0.2) is 27.1 Å². The SMILES string of the molecule is CS(=O)(=O)N(CC(=O)Nc1cccc2ccccc12)c1cccc(Cl)c1Cl. The van der Waals surface area contributed by atoms with Gasteiger partial charge in [-0.3, -0.25) is 9.10 Å². The van der Waals surface area contributed by atoms with Crippen molar-refractivity contribution in [3.05, 3.63) is 70.7 Å². The lowest BCUT2D eigenvalue weighted by Gasteiger charge is -2.23. The molecule has 0 bridgehead atoms. The molecule has 0 aliphatic carbocycles. The molecule has 27 heavy (non-hydrogen) atoms. The number of rotatable bonds is 5. The van der Waals surface area contributed by atoms with Crippen LogP contribution in [0.25, 0.3) is 10.8 Å². The molecule has 0 saturated carbocycles. The maximum atomic E-state index is 12.6. The second kappa shape index (κ2) is 7.76. The van der Waals surface area contributed by atoms with Crippen LogP contribution < -0.4 is 9.62 Å². The third-order valence-electron chi connectivity index (χ3n) is 3.95. The average molecular weight is 423 g/mol. The van der Waals surface area contributed by atoms with Gasteiger partial charge in [-0.05, 0) is 23.6 Å². The van der Waals surface area contributed by atoms with E-state index in [1.165, 1.54) is 6.07 Å². The molecule has 3 rings (SSSR count). The number of halogens is 2. The van der Waals surface area contributed by atoms with Gasteiger partial charge in [-0.25, -0.2) is 8.42 Å². The largest absolute Gasteiger partial charge is 0.324 e. The fraction of sp³-hybridized carbons (Fsp3) is 0.105. The van der Waals surface area contributed by atoms with E-state index < -0.39 is 22.5 Å². The summed E-state index contributed by atoms with van der Waals surface area (Å²) >= 11 is 12.1. The normalized spacial score (nSPS) is 11.4. The predicted octanol–water partition coefficient (Wildman–Crippen LogP) is 4.55. The van der Waals surface area contributed by atoms with Crippen LogP contribution >= 0.6 is 23.2 Å². The summed E-state index contributed by atoms with van der Waals surface area (Å²) in [6.07, 6.45) is 1.01. The first-order valence-corrected chi connectivity index (χ1v) is 10.6. The molecule has 0 heterocycles. The summed E-state index contributed by atoms with van der Waals surface area (Å²) in [6, 6.07) is 17.7. The molecule has 5 nitrogen and oxygen atoms in total. The third kappa shape index (κ3) is 4.35. The van der Waals surface area contributed by atoms with Crippen LogP contribution in [0, 0.1) is 0 Å². The molecule has 8 heteroatoms. The van der Waals surface area contributed by atoms with E-state index in [2.05, 4.69) is 5.32 Å². The summed E-state index contributed by atoms with van der Waals surface area (Å²) in [6.45, 7) is -0.428. The van der Waals surface area contributed by atoms with Crippen molar-refractivity contribution in [1.82, 2.24) is 0 Å². The Morgan fingerprint density at radius 2 is 1.67 bits per heavy atom. The van der Waals surface area contributed by atoms with Gasteiger partial charge >= 0.3 is 0 Å². The molecule has 3 aromatic rings. The Morgan fingerprint density at radius 1 is 1.00 bits per heavy atom. The van der Waals surface area contributed by atoms with Crippen molar-refractivity contribution >= 4 is 61.3 Å². The lowest BCUT2D eigenvalue weighted by molar-refractivity contribution is -0.114. The van der Waals surface area contributed by atoms with Crippen molar-refractivity contribution in [2.45, 2.75) is 0 Å². The molecule has 0 saturated heterocycles. The predicted molar refractivity (Wildman–Crippen MR) is 111 cm³/mol. The monoisotopic (exact) mass is 422 g/mol. The standard InChI is InChI=1S/C19H16Cl2N2O3S/c1-27(25,26)23(17-11-5-9-15(20)19(17)21)12-18(24)22-16-10-4-7-13-6-2-3-8-14(13)16/h2-11H,12H2,1H3,(H,22,24). The lowest BCUT2D eigenvalue weighted by Crippen LogP contribution is -2.37. The van der Waals surface area contributed by atoms with Crippen molar-refractivity contribution < 1.29 is 13.2 Å². The minimum Gasteiger partial charge on any atom is -0.324 e. The minimum atomic E-state index is -3.76. The van der Waals surface area contributed by atoms with Crippen LogP contribution in [0.2, 0.25) is 10.0 Å². The van der Waals surface area contributed by atoms with Crippen molar-refractivity contribution in [2.24, 2.45) is 0 Å². The Kier molecular flexibility index (Phi) is 5.60. The highest BCUT2D eigenvalue weighted by molar-refractivity contribution is 7.92. The molecule has 0 aliphatic heterocycles. The summed E-state index contributed by atoms with van der Waals surface area (Å²) in [5.74, 6) is -0.493. The summed E-state index contributed by atoms with van der Waals surface area (Å²) in [4.78, 5) is 12.6. The number of hydrogen-bond donors (Lipinski definition) is 1. The number of anilines is 2. The van der Waals surface area contributed by atoms with Crippen LogP contribution in [0.1, 0.15) is 0 Å². The van der Waals surface area contributed by atoms with Crippen LogP contribution in [-0.2, 0) is 14.8 Å². The second-order valence-corrected chi connectivity index (χ2v) is 8.61. The molecule has 1 N–H and O–H groups in total. The van der Waals surface area contributed by atoms with E-state index in [0.29, 0.717) is 5.69 Å². The number of nitrogens with zero attached hydrogens (tertiary/aromatic N) is 1. The molecular formula is C19H16Cl2N2O3S. The molecule has 0 spiro atoms. The molecule has 0 aliphatic rings. The van der Waals surface area contributed by atoms with Crippen LogP contribution in [0.5, 0.6) is 0 Å². The van der Waals surface area contributed by atoms with Gasteiger partial charge in [0.15, 0.2) is 0 Å². The number of carbonyl (C=O) groups excluding carboxylic acids is 1. The lowest BCUT2D eigenvalue weighted by atomic mass is 10.1. The highest BCUT2D eigenvalue weighted by atomic mass is 35.5. The number of amides is 1. The van der Waals surface area contributed by atoms with E-state index in [4.69, 9.17) is 23.2 Å². The van der Waals surface area contributed by atoms with Crippen molar-refractivity contribution in [3.8, 4) is 0 Å². The number of benzene rings is 3. The average Bonchev–Trinajstić information content (AvgIpc) is 2.62. The van der Waals surface area contributed by atoms with Crippen molar-refractivity contribution in [2.75, 3.05) is 22.4 Å². The zero-order chi connectivity index (χ0) is 19.6. The van der Waals surface area contributed by atoms with Gasteiger partial charge in [0.2, 0.25) is 15.9 Å². The van der Waals surface area contributed by atoms with Gasteiger partial charge in [0.25, 0.3) is 0 Å². The molecule has 0 radical (unpaired) electrons. The fourth-order valence-corrected chi connectivity index (χ4v) is 4.03. The van der Waals surface area contributed by atoms with Gasteiger partial charge < -0.3 is 5.32 Å². The smallest absolute Gasteiger partial charge is 0.245 e. The van der Waals surface area contributed by atoms with Gasteiger partial charge in [-0.1, -0.05) is 65.7 Å². The number of sulfonamides is 1. The maximum absolute atomic E-state index is 12.6. The van der Waals surface area contributed by atoms with E-state index in [1.807, 2.05) is 36.4 Å². The maximum Gasteiger partial charge on any atom is 0.245 e. The summed E-state index contributed by atoms with van der Waals surface area (Å²) in [5, 5.41) is 4.87. The second-order valence-electron chi connectivity index (χ2n) is 5.92. The summed E-state index contributed by atoms with van der Waals surface area (Å²) in [5.41, 5.74) is 0.753. The van der Waals surface area contributed by atoms with Gasteiger partial charge in [-0.2, -0.15) is 0 Å². The molecule has 140 valence electrons. The highest BCUT2D eigenvalue weighted by Gasteiger charge is 2.24. The molecule has 1 amide bonds. The van der Waals surface area contributed by atoms with Crippen LogP contribution in [0.15, 0.2) is 60.7 Å². The van der Waals surface area contributed by atoms with Gasteiger partial charge in [-0.15, -0.1) is 0 Å². The Morgan fingerprint density at radius 3 is 2.41 bits per heavy atom. The first kappa shape index (κ1) is 19.5. The van der Waals surface area contributed by atoms with Gasteiger partial charge in [0.05, 0.1) is 22.0 Å². The fourth-order valence-electron chi connectivity index (χ4n) is 2.72. The Hall–Kier alpha value is -2.28. The summed E-state index contributed by atoms with van der Waals surface area (Å²) in [7, 11) is -3.76. The van der Waals surface area contributed by atoms with Gasteiger partial charge in [0.1, 0.15) is 6.54 Å². The Bertz CT molecular complexity index is 1110. The van der Waals surface area contributed by atoms with E-state index in [1.54, 1.807) is 18.2 Å². The number of fused-ring (bicyclic) bond motifs is 1. The number of nitrogens with one attached hydrogen (secondary N) is 1. The minimum absolute atomic E-state index is 0.0718. The van der Waals surface area contributed by atoms with Crippen LogP contribution in [0.4, 0.5) is 11.4 Å². The number of hydrogen-bond acceptors (Lipinski definition) is 3. The molecule has 0 aromatic heterocycles. The van der Waals surface area contributed by atoms with E-state index in [0.717, 1.165) is 21.3 Å². The van der Waals surface area contributed by atoms with Crippen molar-refractivity contribution in [1.29, 1.82) is 0 Å². The quantitative estimate of drug-likeness (QED) is 0.655.